The lowest BCUT2D eigenvalue weighted by Crippen LogP contribution is -1.90. The Morgan fingerprint density at radius 3 is 2.73 bits per heavy atom. The van der Waals surface area contributed by atoms with Gasteiger partial charge in [-0.25, -0.2) is 0 Å². The number of carbonyl (C=O) groups excluding carboxylic acids is 1. The van der Waals surface area contributed by atoms with E-state index in [1.807, 2.05) is 0 Å². The number of hydrogen-bond acceptors (Lipinski definition) is 2. The van der Waals surface area contributed by atoms with Crippen molar-refractivity contribution in [2.75, 3.05) is 7.11 Å². The number of para-hydroxylation sites is 1. The maximum atomic E-state index is 10.3. The van der Waals surface area contributed by atoms with E-state index in [4.69, 9.17) is 4.74 Å². The standard InChI is InChI=1S/C8H6BrO2/c1-11-8-6(5-10)3-2-4-7(8)9/h2-4H,1H3. The average molecular weight is 214 g/mol. The molecule has 0 aliphatic carbocycles. The quantitative estimate of drug-likeness (QED) is 0.751. The molecule has 2 nitrogen and oxygen atoms in total. The Bertz CT molecular complexity index is 271. The smallest absolute Gasteiger partial charge is 0.237 e. The number of benzene rings is 1. The highest BCUT2D eigenvalue weighted by molar-refractivity contribution is 9.10. The molecule has 0 saturated carbocycles. The minimum absolute atomic E-state index is 0.432. The number of methoxy groups -OCH3 is 1. The molecular weight excluding hydrogens is 208 g/mol. The van der Waals surface area contributed by atoms with Crippen molar-refractivity contribution in [2.45, 2.75) is 0 Å². The van der Waals surface area contributed by atoms with E-state index in [2.05, 4.69) is 15.9 Å². The normalized spacial score (nSPS) is 9.27. The van der Waals surface area contributed by atoms with Crippen molar-refractivity contribution in [1.82, 2.24) is 0 Å². The molecule has 0 aromatic heterocycles. The minimum Gasteiger partial charge on any atom is -0.495 e. The number of halogens is 1. The molecule has 0 heterocycles. The minimum atomic E-state index is 0.432. The van der Waals surface area contributed by atoms with E-state index >= 15 is 0 Å². The Balaban J connectivity index is 3.23. The molecule has 0 amide bonds. The van der Waals surface area contributed by atoms with Crippen LogP contribution in [0.25, 0.3) is 0 Å². The first-order valence-electron chi connectivity index (χ1n) is 3.00. The maximum absolute atomic E-state index is 10.3. The van der Waals surface area contributed by atoms with Gasteiger partial charge < -0.3 is 4.74 Å². The Kier molecular flexibility index (Phi) is 2.65. The fourth-order valence-corrected chi connectivity index (χ4v) is 1.32. The highest BCUT2D eigenvalue weighted by Crippen LogP contribution is 2.26. The summed E-state index contributed by atoms with van der Waals surface area (Å²) in [6.07, 6.45) is 1.78. The monoisotopic (exact) mass is 213 g/mol. The summed E-state index contributed by atoms with van der Waals surface area (Å²) in [6, 6.07) is 5.21. The molecule has 0 bridgehead atoms. The number of ether oxygens (including phenoxy) is 1. The second kappa shape index (κ2) is 3.53. The Labute approximate surface area is 73.3 Å². The van der Waals surface area contributed by atoms with Gasteiger partial charge in [0.2, 0.25) is 6.29 Å². The summed E-state index contributed by atoms with van der Waals surface area (Å²) in [6.45, 7) is 0. The van der Waals surface area contributed by atoms with E-state index in [9.17, 15) is 4.79 Å². The molecule has 0 unspecified atom stereocenters. The molecular formula is C8H6BrO2. The molecule has 0 aliphatic heterocycles. The van der Waals surface area contributed by atoms with Crippen molar-refractivity contribution >= 4 is 22.2 Å². The third kappa shape index (κ3) is 1.60. The summed E-state index contributed by atoms with van der Waals surface area (Å²) < 4.78 is 5.72. The van der Waals surface area contributed by atoms with Crippen molar-refractivity contribution in [2.24, 2.45) is 0 Å². The van der Waals surface area contributed by atoms with Gasteiger partial charge >= 0.3 is 0 Å². The van der Waals surface area contributed by atoms with Crippen molar-refractivity contribution in [1.29, 1.82) is 0 Å². The van der Waals surface area contributed by atoms with E-state index in [0.29, 0.717) is 11.3 Å². The molecule has 0 aliphatic rings. The molecule has 0 fully saturated rings. The summed E-state index contributed by atoms with van der Waals surface area (Å²) in [4.78, 5) is 10.3. The first-order chi connectivity index (χ1) is 5.29. The molecule has 1 rings (SSSR count). The van der Waals surface area contributed by atoms with Crippen LogP contribution in [0.3, 0.4) is 0 Å². The summed E-state index contributed by atoms with van der Waals surface area (Å²) in [7, 11) is 1.51. The van der Waals surface area contributed by atoms with Gasteiger partial charge in [-0.05, 0) is 28.1 Å². The molecule has 1 radical (unpaired) electrons. The van der Waals surface area contributed by atoms with Crippen LogP contribution in [0.5, 0.6) is 5.75 Å². The molecule has 3 heteroatoms. The first-order valence-corrected chi connectivity index (χ1v) is 3.79. The summed E-state index contributed by atoms with van der Waals surface area (Å²) >= 11 is 3.24. The molecule has 57 valence electrons. The average Bonchev–Trinajstić information content (AvgIpc) is 2.04. The van der Waals surface area contributed by atoms with Crippen molar-refractivity contribution in [3.8, 4) is 5.75 Å². The largest absolute Gasteiger partial charge is 0.495 e. The van der Waals surface area contributed by atoms with Crippen LogP contribution in [0.15, 0.2) is 22.7 Å². The van der Waals surface area contributed by atoms with E-state index in [0.717, 1.165) is 4.47 Å². The number of hydrogen-bond donors (Lipinski definition) is 0. The van der Waals surface area contributed by atoms with E-state index in [-0.39, 0.29) is 0 Å². The van der Waals surface area contributed by atoms with Crippen LogP contribution in [0.1, 0.15) is 5.56 Å². The van der Waals surface area contributed by atoms with Crippen LogP contribution in [0.4, 0.5) is 0 Å². The van der Waals surface area contributed by atoms with Crippen molar-refractivity contribution in [3.63, 3.8) is 0 Å². The van der Waals surface area contributed by atoms with Gasteiger partial charge in [-0.15, -0.1) is 0 Å². The van der Waals surface area contributed by atoms with Crippen LogP contribution < -0.4 is 4.74 Å². The Hall–Kier alpha value is -0.830. The maximum Gasteiger partial charge on any atom is 0.237 e. The highest BCUT2D eigenvalue weighted by atomic mass is 79.9. The third-order valence-corrected chi connectivity index (χ3v) is 1.91. The summed E-state index contributed by atoms with van der Waals surface area (Å²) in [5.41, 5.74) is 0.432. The van der Waals surface area contributed by atoms with Gasteiger partial charge in [0.05, 0.1) is 17.1 Å². The topological polar surface area (TPSA) is 26.3 Å². The van der Waals surface area contributed by atoms with Crippen LogP contribution in [0.2, 0.25) is 0 Å². The van der Waals surface area contributed by atoms with E-state index in [1.165, 1.54) is 7.11 Å². The zero-order valence-corrected chi connectivity index (χ0v) is 7.51. The van der Waals surface area contributed by atoms with Crippen LogP contribution >= 0.6 is 15.9 Å². The zero-order chi connectivity index (χ0) is 8.27. The summed E-state index contributed by atoms with van der Waals surface area (Å²) in [5, 5.41) is 0. The fourth-order valence-electron chi connectivity index (χ4n) is 0.797. The first kappa shape index (κ1) is 8.27. The second-order valence-electron chi connectivity index (χ2n) is 1.92. The predicted molar refractivity (Wildman–Crippen MR) is 45.5 cm³/mol. The van der Waals surface area contributed by atoms with E-state index < -0.39 is 0 Å². The van der Waals surface area contributed by atoms with Gasteiger partial charge in [0.15, 0.2) is 0 Å². The Morgan fingerprint density at radius 1 is 1.55 bits per heavy atom. The van der Waals surface area contributed by atoms with Crippen LogP contribution in [0, 0.1) is 0 Å². The molecule has 1 aromatic rings. The molecule has 0 saturated heterocycles. The predicted octanol–water partition coefficient (Wildman–Crippen LogP) is 1.92. The van der Waals surface area contributed by atoms with Crippen molar-refractivity contribution in [3.05, 3.63) is 28.2 Å². The molecule has 11 heavy (non-hydrogen) atoms. The lowest BCUT2D eigenvalue weighted by atomic mass is 10.2. The van der Waals surface area contributed by atoms with Gasteiger partial charge in [0.1, 0.15) is 5.75 Å². The van der Waals surface area contributed by atoms with Gasteiger partial charge in [-0.3, -0.25) is 4.79 Å². The van der Waals surface area contributed by atoms with Gasteiger partial charge in [-0.1, -0.05) is 6.07 Å². The second-order valence-corrected chi connectivity index (χ2v) is 2.78. The number of rotatable bonds is 2. The van der Waals surface area contributed by atoms with Crippen LogP contribution in [-0.4, -0.2) is 13.4 Å². The highest BCUT2D eigenvalue weighted by Gasteiger charge is 2.04. The molecule has 0 N–H and O–H groups in total. The van der Waals surface area contributed by atoms with Crippen molar-refractivity contribution < 1.29 is 9.53 Å². The van der Waals surface area contributed by atoms with Crippen LogP contribution in [-0.2, 0) is 4.79 Å². The Morgan fingerprint density at radius 2 is 2.27 bits per heavy atom. The molecule has 1 aromatic carbocycles. The molecule has 0 atom stereocenters. The zero-order valence-electron chi connectivity index (χ0n) is 5.93. The van der Waals surface area contributed by atoms with Gasteiger partial charge in [-0.2, -0.15) is 0 Å². The van der Waals surface area contributed by atoms with E-state index in [1.54, 1.807) is 24.5 Å². The van der Waals surface area contributed by atoms with Gasteiger partial charge in [0, 0.05) is 0 Å². The lowest BCUT2D eigenvalue weighted by molar-refractivity contribution is 0.410. The summed E-state index contributed by atoms with van der Waals surface area (Å²) in [5.74, 6) is 0.530. The third-order valence-electron chi connectivity index (χ3n) is 1.28. The fraction of sp³-hybridized carbons (Fsp3) is 0.125. The van der Waals surface area contributed by atoms with Gasteiger partial charge in [0.25, 0.3) is 0 Å². The SMILES string of the molecule is COc1c(Br)cccc1[C]=O. The molecule has 0 spiro atoms. The lowest BCUT2D eigenvalue weighted by Gasteiger charge is -2.03.